The molecule has 1 aliphatic heterocycles. The molecule has 0 aromatic heterocycles. The van der Waals surface area contributed by atoms with Crippen LogP contribution in [0.3, 0.4) is 0 Å². The van der Waals surface area contributed by atoms with Crippen molar-refractivity contribution >= 4 is 0 Å². The normalized spacial score (nSPS) is 38.1. The van der Waals surface area contributed by atoms with Crippen molar-refractivity contribution < 1.29 is 9.80 Å². The fourth-order valence-electron chi connectivity index (χ4n) is 4.32. The largest absolute Gasteiger partial charge is 0.325 e. The smallest absolute Gasteiger partial charge is 0.127 e. The Hall–Kier alpha value is -0.340. The van der Waals surface area contributed by atoms with Gasteiger partial charge in [-0.1, -0.05) is 12.2 Å². The van der Waals surface area contributed by atoms with Gasteiger partial charge in [0, 0.05) is 5.92 Å². The molecule has 0 aromatic rings. The molecule has 1 heterocycles. The van der Waals surface area contributed by atoms with E-state index >= 15 is 0 Å². The van der Waals surface area contributed by atoms with Gasteiger partial charge in [-0.2, -0.15) is 0 Å². The maximum absolute atomic E-state index is 2.41. The highest BCUT2D eigenvalue weighted by molar-refractivity contribution is 4.89. The van der Waals surface area contributed by atoms with Crippen molar-refractivity contribution in [1.82, 2.24) is 0 Å². The topological polar surface area (TPSA) is 8.88 Å². The van der Waals surface area contributed by atoms with Crippen LogP contribution in [-0.4, -0.2) is 38.8 Å². The predicted octanol–water partition coefficient (Wildman–Crippen LogP) is 0.0687. The molecule has 102 valence electrons. The van der Waals surface area contributed by atoms with Gasteiger partial charge in [0.05, 0.1) is 12.6 Å². The minimum absolute atomic E-state index is 0.984. The first-order valence-corrected chi connectivity index (χ1v) is 8.25. The van der Waals surface area contributed by atoms with Crippen molar-refractivity contribution in [1.29, 1.82) is 0 Å². The van der Waals surface area contributed by atoms with Gasteiger partial charge >= 0.3 is 0 Å². The van der Waals surface area contributed by atoms with Crippen molar-refractivity contribution in [2.45, 2.75) is 51.0 Å². The summed E-state index contributed by atoms with van der Waals surface area (Å²) in [5.74, 6) is 0.984. The van der Waals surface area contributed by atoms with Gasteiger partial charge in [-0.05, 0) is 44.9 Å². The first-order chi connectivity index (χ1) is 8.92. The van der Waals surface area contributed by atoms with Crippen LogP contribution in [0.15, 0.2) is 12.2 Å². The van der Waals surface area contributed by atoms with E-state index in [0.29, 0.717) is 0 Å². The predicted molar refractivity (Wildman–Crippen MR) is 75.0 cm³/mol. The van der Waals surface area contributed by atoms with E-state index in [1.165, 1.54) is 77.7 Å². The van der Waals surface area contributed by atoms with E-state index in [0.717, 1.165) is 12.0 Å². The summed E-state index contributed by atoms with van der Waals surface area (Å²) < 4.78 is 0. The minimum Gasteiger partial charge on any atom is -0.325 e. The molecule has 2 N–H and O–H groups in total. The number of nitrogens with one attached hydrogen (secondary N) is 2. The van der Waals surface area contributed by atoms with Crippen molar-refractivity contribution in [3.05, 3.63) is 12.2 Å². The minimum atomic E-state index is 0.984. The number of piperazine rings is 1. The molecule has 0 amide bonds. The lowest BCUT2D eigenvalue weighted by atomic mass is 9.94. The van der Waals surface area contributed by atoms with Gasteiger partial charge in [0.1, 0.15) is 26.2 Å². The number of allylic oxidation sites excluding steroid dienone is 2. The highest BCUT2D eigenvalue weighted by Gasteiger charge is 2.31. The summed E-state index contributed by atoms with van der Waals surface area (Å²) in [6.07, 6.45) is 14.9. The zero-order valence-electron chi connectivity index (χ0n) is 11.8. The van der Waals surface area contributed by atoms with Crippen LogP contribution >= 0.6 is 0 Å². The van der Waals surface area contributed by atoms with E-state index in [4.69, 9.17) is 0 Å². The molecule has 3 rings (SSSR count). The Morgan fingerprint density at radius 3 is 2.33 bits per heavy atom. The summed E-state index contributed by atoms with van der Waals surface area (Å²) in [5, 5.41) is 0. The molecule has 2 fully saturated rings. The second-order valence-corrected chi connectivity index (χ2v) is 6.74. The van der Waals surface area contributed by atoms with Crippen LogP contribution in [0.1, 0.15) is 44.9 Å². The average Bonchev–Trinajstić information content (AvgIpc) is 2.95. The molecule has 0 radical (unpaired) electrons. The summed E-state index contributed by atoms with van der Waals surface area (Å²) in [5.41, 5.74) is 0. The number of quaternary nitrogens is 2. The molecule has 2 aliphatic carbocycles. The highest BCUT2D eigenvalue weighted by atomic mass is 15.3. The van der Waals surface area contributed by atoms with E-state index in [-0.39, 0.29) is 0 Å². The third-order valence-electron chi connectivity index (χ3n) is 5.49. The lowest BCUT2D eigenvalue weighted by Crippen LogP contribution is -3.29. The Balaban J connectivity index is 1.40. The van der Waals surface area contributed by atoms with Crippen molar-refractivity contribution in [2.75, 3.05) is 32.7 Å². The highest BCUT2D eigenvalue weighted by Crippen LogP contribution is 2.16. The molecule has 1 saturated heterocycles. The van der Waals surface area contributed by atoms with E-state index in [9.17, 15) is 0 Å². The van der Waals surface area contributed by atoms with Gasteiger partial charge in [0.15, 0.2) is 0 Å². The molecule has 0 bridgehead atoms. The molecule has 2 nitrogen and oxygen atoms in total. The van der Waals surface area contributed by atoms with Crippen LogP contribution in [0.25, 0.3) is 0 Å². The second kappa shape index (κ2) is 6.21. The Labute approximate surface area is 112 Å². The summed E-state index contributed by atoms with van der Waals surface area (Å²) in [4.78, 5) is 3.84. The fourth-order valence-corrected chi connectivity index (χ4v) is 4.32. The molecule has 1 saturated carbocycles. The Morgan fingerprint density at radius 2 is 1.67 bits per heavy atom. The van der Waals surface area contributed by atoms with E-state index < -0.39 is 0 Å². The standard InChI is InChI=1S/C16H28N2/c1-2-6-15(7-3-1)14-17-10-12-18(13-11-17)16-8-4-5-9-16/h1-2,15-16H,3-14H2/p+2. The van der Waals surface area contributed by atoms with Crippen molar-refractivity contribution in [2.24, 2.45) is 5.92 Å². The van der Waals surface area contributed by atoms with Crippen molar-refractivity contribution in [3.8, 4) is 0 Å². The zero-order valence-corrected chi connectivity index (χ0v) is 11.8. The molecule has 0 spiro atoms. The molecule has 18 heavy (non-hydrogen) atoms. The maximum Gasteiger partial charge on any atom is 0.127 e. The van der Waals surface area contributed by atoms with Gasteiger partial charge in [-0.15, -0.1) is 0 Å². The van der Waals surface area contributed by atoms with Crippen LogP contribution < -0.4 is 9.80 Å². The third-order valence-corrected chi connectivity index (χ3v) is 5.49. The molecule has 0 aromatic carbocycles. The zero-order chi connectivity index (χ0) is 12.2. The lowest BCUT2D eigenvalue weighted by molar-refractivity contribution is -1.02. The second-order valence-electron chi connectivity index (χ2n) is 6.74. The Kier molecular flexibility index (Phi) is 4.37. The Bertz CT molecular complexity index is 273. The van der Waals surface area contributed by atoms with Crippen LogP contribution in [0.4, 0.5) is 0 Å². The number of hydrogen-bond acceptors (Lipinski definition) is 0. The van der Waals surface area contributed by atoms with Crippen LogP contribution in [0.2, 0.25) is 0 Å². The molecular formula is C16H30N2+2. The first-order valence-electron chi connectivity index (χ1n) is 8.25. The van der Waals surface area contributed by atoms with Crippen LogP contribution in [0, 0.1) is 5.92 Å². The molecule has 1 atom stereocenters. The molecule has 2 heteroatoms. The SMILES string of the molecule is C1=CCC(C[NH+]2CC[NH+](C3CCCC3)CC2)CC1. The van der Waals surface area contributed by atoms with Gasteiger partial charge in [0.25, 0.3) is 0 Å². The van der Waals surface area contributed by atoms with Gasteiger partial charge in [0.2, 0.25) is 0 Å². The third kappa shape index (κ3) is 3.16. The first kappa shape index (κ1) is 12.7. The van der Waals surface area contributed by atoms with Crippen molar-refractivity contribution in [3.63, 3.8) is 0 Å². The maximum atomic E-state index is 2.41. The summed E-state index contributed by atoms with van der Waals surface area (Å²) in [6.45, 7) is 7.21. The number of rotatable bonds is 3. The molecule has 1 unspecified atom stereocenters. The lowest BCUT2D eigenvalue weighted by Gasteiger charge is -2.34. The number of hydrogen-bond donors (Lipinski definition) is 2. The fraction of sp³-hybridized carbons (Fsp3) is 0.875. The molecule has 3 aliphatic rings. The molecular weight excluding hydrogens is 220 g/mol. The summed E-state index contributed by atoms with van der Waals surface area (Å²) in [6, 6.07) is 1.03. The van der Waals surface area contributed by atoms with Crippen LogP contribution in [-0.2, 0) is 0 Å². The van der Waals surface area contributed by atoms with E-state index in [2.05, 4.69) is 12.2 Å². The van der Waals surface area contributed by atoms with E-state index in [1.807, 2.05) is 9.80 Å². The van der Waals surface area contributed by atoms with Gasteiger partial charge in [-0.3, -0.25) is 0 Å². The average molecular weight is 250 g/mol. The quantitative estimate of drug-likeness (QED) is 0.656. The summed E-state index contributed by atoms with van der Waals surface area (Å²) in [7, 11) is 0. The van der Waals surface area contributed by atoms with E-state index in [1.54, 1.807) is 0 Å². The van der Waals surface area contributed by atoms with Crippen LogP contribution in [0.5, 0.6) is 0 Å². The Morgan fingerprint density at radius 1 is 0.889 bits per heavy atom. The van der Waals surface area contributed by atoms with Gasteiger partial charge in [-0.25, -0.2) is 0 Å². The summed E-state index contributed by atoms with van der Waals surface area (Å²) >= 11 is 0. The van der Waals surface area contributed by atoms with Gasteiger partial charge < -0.3 is 9.80 Å². The monoisotopic (exact) mass is 250 g/mol.